The monoisotopic (exact) mass is 318 g/mol. The Balaban J connectivity index is 1.87. The quantitative estimate of drug-likeness (QED) is 0.756. The first kappa shape index (κ1) is 14.7. The van der Waals surface area contributed by atoms with Crippen LogP contribution in [-0.2, 0) is 0 Å². The molecule has 1 saturated heterocycles. The van der Waals surface area contributed by atoms with Crippen LogP contribution in [0, 0.1) is 11.3 Å². The Morgan fingerprint density at radius 3 is 3.08 bits per heavy atom. The van der Waals surface area contributed by atoms with Gasteiger partial charge in [-0.2, -0.15) is 5.26 Å². The molecule has 2 aromatic heterocycles. The summed E-state index contributed by atoms with van der Waals surface area (Å²) in [5, 5.41) is 10.1. The normalized spacial score (nSPS) is 17.8. The number of benzene rings is 1. The molecule has 4 rings (SSSR count). The molecule has 0 saturated carbocycles. The van der Waals surface area contributed by atoms with Crippen molar-refractivity contribution in [1.29, 1.82) is 5.26 Å². The minimum Gasteiger partial charge on any atom is -0.354 e. The molecule has 1 aliphatic heterocycles. The first-order chi connectivity index (χ1) is 11.8. The second-order valence-electron chi connectivity index (χ2n) is 6.16. The third-order valence-electron chi connectivity index (χ3n) is 4.51. The largest absolute Gasteiger partial charge is 0.354 e. The van der Waals surface area contributed by atoms with Crippen molar-refractivity contribution in [1.82, 2.24) is 15.0 Å². The van der Waals surface area contributed by atoms with Crippen LogP contribution in [0.4, 0.5) is 5.82 Å². The molecule has 0 amide bonds. The van der Waals surface area contributed by atoms with Crippen LogP contribution in [-0.4, -0.2) is 34.1 Å². The Kier molecular flexibility index (Phi) is 3.63. The molecule has 3 heterocycles. The van der Waals surface area contributed by atoms with Crippen molar-refractivity contribution in [2.45, 2.75) is 18.9 Å². The molecular formula is C18H18N6. The lowest BCUT2D eigenvalue weighted by molar-refractivity contribution is 0.504. The van der Waals surface area contributed by atoms with Crippen molar-refractivity contribution in [2.24, 2.45) is 5.73 Å². The SMILES string of the molecule is N#Cc1cccc(-c2c[nH]c3ncnc(N4CCC[C@@H](N)C4)c23)c1. The molecule has 3 aromatic rings. The number of aromatic amines is 1. The zero-order valence-corrected chi connectivity index (χ0v) is 13.2. The average Bonchev–Trinajstić information content (AvgIpc) is 3.06. The van der Waals surface area contributed by atoms with E-state index in [9.17, 15) is 0 Å². The summed E-state index contributed by atoms with van der Waals surface area (Å²) in [4.78, 5) is 14.4. The second kappa shape index (κ2) is 5.95. The van der Waals surface area contributed by atoms with Crippen LogP contribution < -0.4 is 10.6 Å². The number of piperidine rings is 1. The number of nitrogens with zero attached hydrogens (tertiary/aromatic N) is 4. The molecule has 0 radical (unpaired) electrons. The molecule has 6 nitrogen and oxygen atoms in total. The third kappa shape index (κ3) is 2.49. The Bertz CT molecular complexity index is 923. The highest BCUT2D eigenvalue weighted by Crippen LogP contribution is 2.34. The van der Waals surface area contributed by atoms with Crippen LogP contribution in [0.2, 0.25) is 0 Å². The zero-order chi connectivity index (χ0) is 16.5. The highest BCUT2D eigenvalue weighted by molar-refractivity contribution is 6.01. The number of aromatic nitrogens is 3. The fraction of sp³-hybridized carbons (Fsp3) is 0.278. The van der Waals surface area contributed by atoms with Gasteiger partial charge in [0.05, 0.1) is 17.0 Å². The highest BCUT2D eigenvalue weighted by Gasteiger charge is 2.22. The summed E-state index contributed by atoms with van der Waals surface area (Å²) in [6.45, 7) is 1.75. The van der Waals surface area contributed by atoms with Gasteiger partial charge in [-0.15, -0.1) is 0 Å². The van der Waals surface area contributed by atoms with Gasteiger partial charge in [0.25, 0.3) is 0 Å². The van der Waals surface area contributed by atoms with E-state index in [0.29, 0.717) is 5.56 Å². The molecule has 0 spiro atoms. The molecule has 0 aliphatic carbocycles. The molecule has 24 heavy (non-hydrogen) atoms. The van der Waals surface area contributed by atoms with E-state index in [1.165, 1.54) is 0 Å². The number of hydrogen-bond donors (Lipinski definition) is 2. The lowest BCUT2D eigenvalue weighted by Gasteiger charge is -2.32. The molecule has 3 N–H and O–H groups in total. The van der Waals surface area contributed by atoms with Gasteiger partial charge >= 0.3 is 0 Å². The molecule has 1 fully saturated rings. The van der Waals surface area contributed by atoms with Gasteiger partial charge in [-0.05, 0) is 30.5 Å². The molecule has 1 aromatic carbocycles. The lowest BCUT2D eigenvalue weighted by atomic mass is 10.0. The maximum Gasteiger partial charge on any atom is 0.143 e. The summed E-state index contributed by atoms with van der Waals surface area (Å²) in [5.74, 6) is 0.911. The fourth-order valence-electron chi connectivity index (χ4n) is 3.37. The summed E-state index contributed by atoms with van der Waals surface area (Å²) in [7, 11) is 0. The van der Waals surface area contributed by atoms with Gasteiger partial charge in [-0.25, -0.2) is 9.97 Å². The van der Waals surface area contributed by atoms with E-state index in [1.807, 2.05) is 24.4 Å². The number of hydrogen-bond acceptors (Lipinski definition) is 5. The first-order valence-electron chi connectivity index (χ1n) is 8.09. The van der Waals surface area contributed by atoms with Gasteiger partial charge in [0.1, 0.15) is 17.8 Å². The smallest absolute Gasteiger partial charge is 0.143 e. The van der Waals surface area contributed by atoms with Gasteiger partial charge in [0, 0.05) is 30.9 Å². The molecule has 1 aliphatic rings. The molecule has 6 heteroatoms. The molecule has 120 valence electrons. The van der Waals surface area contributed by atoms with Crippen molar-refractivity contribution in [2.75, 3.05) is 18.0 Å². The highest BCUT2D eigenvalue weighted by atomic mass is 15.2. The summed E-state index contributed by atoms with van der Waals surface area (Å²) in [5.41, 5.74) is 9.58. The second-order valence-corrected chi connectivity index (χ2v) is 6.16. The predicted molar refractivity (Wildman–Crippen MR) is 93.5 cm³/mol. The Labute approximate surface area is 139 Å². The third-order valence-corrected chi connectivity index (χ3v) is 4.51. The van der Waals surface area contributed by atoms with E-state index in [2.05, 4.69) is 25.9 Å². The number of nitrogens with one attached hydrogen (secondary N) is 1. The number of fused-ring (bicyclic) bond motifs is 1. The molecule has 0 bridgehead atoms. The van der Waals surface area contributed by atoms with Gasteiger partial charge in [-0.1, -0.05) is 12.1 Å². The van der Waals surface area contributed by atoms with Gasteiger partial charge in [0.15, 0.2) is 0 Å². The molecule has 0 unspecified atom stereocenters. The van der Waals surface area contributed by atoms with Gasteiger partial charge < -0.3 is 15.6 Å². The Morgan fingerprint density at radius 1 is 1.33 bits per heavy atom. The summed E-state index contributed by atoms with van der Waals surface area (Å²) in [6.07, 6.45) is 5.64. The topological polar surface area (TPSA) is 94.6 Å². The predicted octanol–water partition coefficient (Wildman–Crippen LogP) is 2.42. The minimum atomic E-state index is 0.174. The van der Waals surface area contributed by atoms with Crippen LogP contribution in [0.3, 0.4) is 0 Å². The Hall–Kier alpha value is -2.91. The van der Waals surface area contributed by atoms with E-state index in [-0.39, 0.29) is 6.04 Å². The minimum absolute atomic E-state index is 0.174. The van der Waals surface area contributed by atoms with E-state index < -0.39 is 0 Å². The Morgan fingerprint density at radius 2 is 2.25 bits per heavy atom. The van der Waals surface area contributed by atoms with Crippen molar-refractivity contribution in [3.05, 3.63) is 42.4 Å². The fourth-order valence-corrected chi connectivity index (χ4v) is 3.37. The lowest BCUT2D eigenvalue weighted by Crippen LogP contribution is -2.43. The molecular weight excluding hydrogens is 300 g/mol. The number of rotatable bonds is 2. The van der Waals surface area contributed by atoms with E-state index in [1.54, 1.807) is 12.4 Å². The van der Waals surface area contributed by atoms with Crippen molar-refractivity contribution >= 4 is 16.9 Å². The van der Waals surface area contributed by atoms with Crippen LogP contribution in [0.5, 0.6) is 0 Å². The maximum absolute atomic E-state index is 9.16. The number of anilines is 1. The zero-order valence-electron chi connectivity index (χ0n) is 13.2. The summed E-state index contributed by atoms with van der Waals surface area (Å²) in [6, 6.07) is 9.96. The summed E-state index contributed by atoms with van der Waals surface area (Å²) >= 11 is 0. The summed E-state index contributed by atoms with van der Waals surface area (Å²) < 4.78 is 0. The standard InChI is InChI=1S/C18H18N6/c19-8-12-3-1-4-13(7-12)15-9-21-17-16(15)18(23-11-22-17)24-6-2-5-14(20)10-24/h1,3-4,7,9,11,14H,2,5-6,10,20H2,(H,21,22,23)/t14-/m1/s1. The van der Waals surface area contributed by atoms with E-state index in [0.717, 1.165) is 53.9 Å². The number of nitrogens with two attached hydrogens (primary N) is 1. The van der Waals surface area contributed by atoms with Gasteiger partial charge in [0.2, 0.25) is 0 Å². The first-order valence-corrected chi connectivity index (χ1v) is 8.09. The van der Waals surface area contributed by atoms with Crippen LogP contribution in [0.25, 0.3) is 22.2 Å². The average molecular weight is 318 g/mol. The maximum atomic E-state index is 9.16. The number of H-pyrrole nitrogens is 1. The van der Waals surface area contributed by atoms with E-state index in [4.69, 9.17) is 11.0 Å². The van der Waals surface area contributed by atoms with Crippen molar-refractivity contribution in [3.8, 4) is 17.2 Å². The number of nitriles is 1. The van der Waals surface area contributed by atoms with Crippen LogP contribution in [0.1, 0.15) is 18.4 Å². The van der Waals surface area contributed by atoms with Crippen LogP contribution >= 0.6 is 0 Å². The van der Waals surface area contributed by atoms with Gasteiger partial charge in [-0.3, -0.25) is 0 Å². The van der Waals surface area contributed by atoms with E-state index >= 15 is 0 Å². The van der Waals surface area contributed by atoms with Crippen molar-refractivity contribution in [3.63, 3.8) is 0 Å². The molecule has 1 atom stereocenters. The van der Waals surface area contributed by atoms with Crippen LogP contribution in [0.15, 0.2) is 36.8 Å². The van der Waals surface area contributed by atoms with Crippen molar-refractivity contribution < 1.29 is 0 Å².